The normalized spacial score (nSPS) is 18.9. The fourth-order valence-corrected chi connectivity index (χ4v) is 1.54. The monoisotopic (exact) mass is 214 g/mol. The number of aliphatic carboxylic acids is 1. The lowest BCUT2D eigenvalue weighted by Gasteiger charge is -2.19. The van der Waals surface area contributed by atoms with Crippen LogP contribution in [0.25, 0.3) is 0 Å². The van der Waals surface area contributed by atoms with Gasteiger partial charge in [0.15, 0.2) is 0 Å². The van der Waals surface area contributed by atoms with E-state index in [0.29, 0.717) is 12.0 Å². The van der Waals surface area contributed by atoms with E-state index < -0.39 is 5.97 Å². The SMILES string of the molecule is CC(C)(C)CCOCC1(CC(=O)O)CC1. The van der Waals surface area contributed by atoms with Crippen molar-refractivity contribution in [2.75, 3.05) is 13.2 Å². The number of carboxylic acid groups (broad SMARTS) is 1. The van der Waals surface area contributed by atoms with Crippen LogP contribution in [0.4, 0.5) is 0 Å². The maximum Gasteiger partial charge on any atom is 0.303 e. The van der Waals surface area contributed by atoms with Crippen LogP contribution in [-0.2, 0) is 9.53 Å². The van der Waals surface area contributed by atoms with Crippen LogP contribution in [0.5, 0.6) is 0 Å². The van der Waals surface area contributed by atoms with Gasteiger partial charge in [-0.25, -0.2) is 0 Å². The van der Waals surface area contributed by atoms with Gasteiger partial charge < -0.3 is 9.84 Å². The highest BCUT2D eigenvalue weighted by Gasteiger charge is 2.44. The van der Waals surface area contributed by atoms with Crippen LogP contribution in [0.1, 0.15) is 46.5 Å². The van der Waals surface area contributed by atoms with E-state index in [1.807, 2.05) is 0 Å². The van der Waals surface area contributed by atoms with Crippen molar-refractivity contribution in [2.45, 2.75) is 46.5 Å². The van der Waals surface area contributed by atoms with E-state index in [2.05, 4.69) is 20.8 Å². The molecular weight excluding hydrogens is 192 g/mol. The van der Waals surface area contributed by atoms with Crippen molar-refractivity contribution in [1.82, 2.24) is 0 Å². The minimum atomic E-state index is -0.702. The Morgan fingerprint density at radius 1 is 1.40 bits per heavy atom. The molecule has 1 rings (SSSR count). The molecule has 0 bridgehead atoms. The zero-order chi connectivity index (χ0) is 11.5. The number of hydrogen-bond donors (Lipinski definition) is 1. The molecule has 0 radical (unpaired) electrons. The summed E-state index contributed by atoms with van der Waals surface area (Å²) in [6, 6.07) is 0. The van der Waals surface area contributed by atoms with Gasteiger partial charge in [-0.2, -0.15) is 0 Å². The number of carboxylic acids is 1. The van der Waals surface area contributed by atoms with Crippen molar-refractivity contribution in [1.29, 1.82) is 0 Å². The minimum Gasteiger partial charge on any atom is -0.481 e. The van der Waals surface area contributed by atoms with Crippen LogP contribution < -0.4 is 0 Å². The van der Waals surface area contributed by atoms with E-state index in [-0.39, 0.29) is 11.8 Å². The van der Waals surface area contributed by atoms with Crippen molar-refractivity contribution in [3.05, 3.63) is 0 Å². The molecule has 0 aliphatic heterocycles. The fraction of sp³-hybridized carbons (Fsp3) is 0.917. The topological polar surface area (TPSA) is 46.5 Å². The smallest absolute Gasteiger partial charge is 0.303 e. The molecule has 0 aromatic heterocycles. The van der Waals surface area contributed by atoms with E-state index in [0.717, 1.165) is 25.9 Å². The highest BCUT2D eigenvalue weighted by molar-refractivity contribution is 5.68. The van der Waals surface area contributed by atoms with Gasteiger partial charge in [0.05, 0.1) is 13.0 Å². The number of hydrogen-bond acceptors (Lipinski definition) is 2. The zero-order valence-corrected chi connectivity index (χ0v) is 10.0. The van der Waals surface area contributed by atoms with Crippen molar-refractivity contribution < 1.29 is 14.6 Å². The molecule has 0 aromatic carbocycles. The summed E-state index contributed by atoms with van der Waals surface area (Å²) in [4.78, 5) is 10.6. The van der Waals surface area contributed by atoms with Crippen LogP contribution >= 0.6 is 0 Å². The largest absolute Gasteiger partial charge is 0.481 e. The molecule has 1 aliphatic carbocycles. The average molecular weight is 214 g/mol. The van der Waals surface area contributed by atoms with Crippen LogP contribution in [0.3, 0.4) is 0 Å². The number of rotatable bonds is 6. The second kappa shape index (κ2) is 4.52. The minimum absolute atomic E-state index is 0.0241. The van der Waals surface area contributed by atoms with Gasteiger partial charge in [0, 0.05) is 12.0 Å². The lowest BCUT2D eigenvalue weighted by Crippen LogP contribution is -2.17. The Bertz CT molecular complexity index is 224. The molecule has 0 saturated heterocycles. The highest BCUT2D eigenvalue weighted by Crippen LogP contribution is 2.49. The maximum atomic E-state index is 10.6. The van der Waals surface area contributed by atoms with E-state index in [9.17, 15) is 4.79 Å². The van der Waals surface area contributed by atoms with Gasteiger partial charge in [-0.15, -0.1) is 0 Å². The molecule has 0 atom stereocenters. The molecule has 3 heteroatoms. The first-order valence-electron chi connectivity index (χ1n) is 5.63. The summed E-state index contributed by atoms with van der Waals surface area (Å²) in [5, 5.41) is 8.72. The molecule has 3 nitrogen and oxygen atoms in total. The van der Waals surface area contributed by atoms with Gasteiger partial charge in [-0.05, 0) is 24.7 Å². The molecule has 0 unspecified atom stereocenters. The van der Waals surface area contributed by atoms with Gasteiger partial charge in [0.2, 0.25) is 0 Å². The predicted octanol–water partition coefficient (Wildman–Crippen LogP) is 2.69. The Kier molecular flexibility index (Phi) is 3.77. The summed E-state index contributed by atoms with van der Waals surface area (Å²) in [7, 11) is 0. The van der Waals surface area contributed by atoms with E-state index >= 15 is 0 Å². The van der Waals surface area contributed by atoms with E-state index in [4.69, 9.17) is 9.84 Å². The van der Waals surface area contributed by atoms with Crippen LogP contribution in [0.15, 0.2) is 0 Å². The van der Waals surface area contributed by atoms with Gasteiger partial charge in [-0.1, -0.05) is 20.8 Å². The standard InChI is InChI=1S/C12H22O3/c1-11(2,3)6-7-15-9-12(4-5-12)8-10(13)14/h4-9H2,1-3H3,(H,13,14). The van der Waals surface area contributed by atoms with Crippen molar-refractivity contribution in [2.24, 2.45) is 10.8 Å². The number of carbonyl (C=O) groups is 1. The second-order valence-corrected chi connectivity index (χ2v) is 5.93. The summed E-state index contributed by atoms with van der Waals surface area (Å²) in [5.41, 5.74) is 0.271. The molecule has 1 N–H and O–H groups in total. The Morgan fingerprint density at radius 2 is 2.00 bits per heavy atom. The Labute approximate surface area is 91.8 Å². The average Bonchev–Trinajstić information content (AvgIpc) is 2.76. The molecular formula is C12H22O3. The zero-order valence-electron chi connectivity index (χ0n) is 10.0. The third kappa shape index (κ3) is 5.17. The highest BCUT2D eigenvalue weighted by atomic mass is 16.5. The molecule has 0 heterocycles. The first-order chi connectivity index (χ1) is 6.83. The maximum absolute atomic E-state index is 10.6. The first kappa shape index (κ1) is 12.5. The van der Waals surface area contributed by atoms with Crippen LogP contribution in [-0.4, -0.2) is 24.3 Å². The molecule has 88 valence electrons. The van der Waals surface area contributed by atoms with Gasteiger partial charge >= 0.3 is 5.97 Å². The summed E-state index contributed by atoms with van der Waals surface area (Å²) in [6.07, 6.45) is 3.31. The number of ether oxygens (including phenoxy) is 1. The third-order valence-corrected chi connectivity index (χ3v) is 2.89. The fourth-order valence-electron chi connectivity index (χ4n) is 1.54. The van der Waals surface area contributed by atoms with Crippen LogP contribution in [0.2, 0.25) is 0 Å². The Morgan fingerprint density at radius 3 is 2.40 bits per heavy atom. The van der Waals surface area contributed by atoms with Crippen molar-refractivity contribution in [3.63, 3.8) is 0 Å². The van der Waals surface area contributed by atoms with Crippen molar-refractivity contribution in [3.8, 4) is 0 Å². The molecule has 1 aliphatic rings. The Balaban J connectivity index is 2.12. The first-order valence-corrected chi connectivity index (χ1v) is 5.63. The molecule has 1 fully saturated rings. The second-order valence-electron chi connectivity index (χ2n) is 5.93. The quantitative estimate of drug-likeness (QED) is 0.691. The van der Waals surface area contributed by atoms with Crippen LogP contribution in [0, 0.1) is 10.8 Å². The summed E-state index contributed by atoms with van der Waals surface area (Å²) in [5.74, 6) is -0.702. The molecule has 15 heavy (non-hydrogen) atoms. The lowest BCUT2D eigenvalue weighted by molar-refractivity contribution is -0.139. The van der Waals surface area contributed by atoms with Gasteiger partial charge in [-0.3, -0.25) is 4.79 Å². The summed E-state index contributed by atoms with van der Waals surface area (Å²) >= 11 is 0. The summed E-state index contributed by atoms with van der Waals surface area (Å²) < 4.78 is 5.57. The van der Waals surface area contributed by atoms with Gasteiger partial charge in [0.1, 0.15) is 0 Å². The van der Waals surface area contributed by atoms with E-state index in [1.165, 1.54) is 0 Å². The molecule has 0 spiro atoms. The predicted molar refractivity (Wildman–Crippen MR) is 58.8 cm³/mol. The molecule has 0 aromatic rings. The third-order valence-electron chi connectivity index (χ3n) is 2.89. The molecule has 1 saturated carbocycles. The van der Waals surface area contributed by atoms with E-state index in [1.54, 1.807) is 0 Å². The van der Waals surface area contributed by atoms with Gasteiger partial charge in [0.25, 0.3) is 0 Å². The Hall–Kier alpha value is -0.570. The molecule has 0 amide bonds. The summed E-state index contributed by atoms with van der Waals surface area (Å²) in [6.45, 7) is 7.90. The van der Waals surface area contributed by atoms with Crippen molar-refractivity contribution >= 4 is 5.97 Å². The lowest BCUT2D eigenvalue weighted by atomic mass is 9.93.